The minimum atomic E-state index is -0.153. The van der Waals surface area contributed by atoms with Crippen LogP contribution in [0.25, 0.3) is 23.8 Å². The second kappa shape index (κ2) is 7.85. The quantitative estimate of drug-likeness (QED) is 0.835. The maximum atomic E-state index is 11.5. The zero-order valence-corrected chi connectivity index (χ0v) is 14.7. The summed E-state index contributed by atoms with van der Waals surface area (Å²) in [5.41, 5.74) is 3.38. The molecular weight excluding hydrogens is 326 g/mol. The van der Waals surface area contributed by atoms with Gasteiger partial charge in [0.15, 0.2) is 6.61 Å². The highest BCUT2D eigenvalue weighted by Gasteiger charge is 2.15. The Hall–Kier alpha value is -3.11. The number of hydrogen-bond donors (Lipinski definition) is 2. The van der Waals surface area contributed by atoms with Crippen molar-refractivity contribution in [2.24, 2.45) is 0 Å². The van der Waals surface area contributed by atoms with Gasteiger partial charge in [-0.2, -0.15) is 0 Å². The fraction of sp³-hybridized carbons (Fsp3) is 0.136. The normalized spacial score (nSPS) is 15.3. The fourth-order valence-electron chi connectivity index (χ4n) is 2.98. The number of nitrogens with one attached hydrogen (secondary N) is 1. The lowest BCUT2D eigenvalue weighted by atomic mass is 10.0. The van der Waals surface area contributed by atoms with Crippen LogP contribution in [-0.4, -0.2) is 24.2 Å². The van der Waals surface area contributed by atoms with Gasteiger partial charge < -0.3 is 15.2 Å². The van der Waals surface area contributed by atoms with Gasteiger partial charge in [0.05, 0.1) is 12.3 Å². The molecule has 0 saturated carbocycles. The van der Waals surface area contributed by atoms with Gasteiger partial charge in [-0.3, -0.25) is 4.79 Å². The first-order chi connectivity index (χ1) is 12.7. The highest BCUT2D eigenvalue weighted by molar-refractivity contribution is 5.95. The molecule has 0 saturated heterocycles. The topological polar surface area (TPSA) is 58.6 Å². The summed E-state index contributed by atoms with van der Waals surface area (Å²) in [6.45, 7) is 5.75. The Kier molecular flexibility index (Phi) is 5.34. The molecule has 2 aromatic carbocycles. The van der Waals surface area contributed by atoms with Gasteiger partial charge in [0.2, 0.25) is 0 Å². The first kappa shape index (κ1) is 17.7. The van der Waals surface area contributed by atoms with Crippen molar-refractivity contribution in [3.8, 4) is 5.75 Å². The number of rotatable bonds is 4. The molecule has 26 heavy (non-hydrogen) atoms. The molecule has 1 amide bonds. The first-order valence-electron chi connectivity index (χ1n) is 8.43. The van der Waals surface area contributed by atoms with Crippen molar-refractivity contribution in [3.05, 3.63) is 70.6 Å². The average molecular weight is 347 g/mol. The maximum absolute atomic E-state index is 11.5. The van der Waals surface area contributed by atoms with Crippen LogP contribution >= 0.6 is 0 Å². The van der Waals surface area contributed by atoms with E-state index < -0.39 is 0 Å². The van der Waals surface area contributed by atoms with Crippen LogP contribution in [0.3, 0.4) is 0 Å². The predicted molar refractivity (Wildman–Crippen MR) is 106 cm³/mol. The molecule has 0 bridgehead atoms. The van der Waals surface area contributed by atoms with Crippen molar-refractivity contribution in [1.29, 1.82) is 0 Å². The molecule has 0 radical (unpaired) electrons. The van der Waals surface area contributed by atoms with Crippen molar-refractivity contribution >= 4 is 35.4 Å². The van der Waals surface area contributed by atoms with Gasteiger partial charge in [0.25, 0.3) is 5.91 Å². The van der Waals surface area contributed by atoms with E-state index in [-0.39, 0.29) is 19.1 Å². The number of aliphatic hydroxyl groups is 1. The molecule has 4 heteroatoms. The third-order valence-electron chi connectivity index (χ3n) is 4.27. The van der Waals surface area contributed by atoms with Gasteiger partial charge in [-0.15, -0.1) is 0 Å². The predicted octanol–water partition coefficient (Wildman–Crippen LogP) is 2.32. The largest absolute Gasteiger partial charge is 0.482 e. The van der Waals surface area contributed by atoms with E-state index in [1.54, 1.807) is 6.08 Å². The molecule has 2 N–H and O–H groups in total. The molecular formula is C22H21NO3. The summed E-state index contributed by atoms with van der Waals surface area (Å²) >= 11 is 0. The molecule has 0 unspecified atom stereocenters. The summed E-state index contributed by atoms with van der Waals surface area (Å²) in [6, 6.07) is 11.7. The lowest BCUT2D eigenvalue weighted by Crippen LogP contribution is -2.30. The Balaban J connectivity index is 2.05. The number of amides is 1. The zero-order valence-electron chi connectivity index (χ0n) is 14.7. The van der Waals surface area contributed by atoms with Crippen molar-refractivity contribution in [2.75, 3.05) is 18.5 Å². The molecule has 4 nitrogen and oxygen atoms in total. The SMILES string of the molecule is C=C/C(CO)=c1/c(/C=C/c2ccc3c(c2)NC(=O)CO3)ccc/c1=C/C. The number of hydrogen-bond acceptors (Lipinski definition) is 3. The van der Waals surface area contributed by atoms with Crippen LogP contribution in [0.4, 0.5) is 5.69 Å². The highest BCUT2D eigenvalue weighted by atomic mass is 16.5. The standard InChI is InChI=1S/C22H21NO3/c1-3-16-6-5-7-18(22(16)17(4-2)13-24)10-8-15-9-11-20-19(12-15)23-21(25)14-26-20/h3-12,24H,2,13-14H2,1H3,(H,23,25)/b10-8+,16-3-,22-17-. The second-order valence-corrected chi connectivity index (χ2v) is 5.91. The van der Waals surface area contributed by atoms with E-state index in [9.17, 15) is 9.90 Å². The second-order valence-electron chi connectivity index (χ2n) is 5.91. The van der Waals surface area contributed by atoms with E-state index in [2.05, 4.69) is 11.9 Å². The van der Waals surface area contributed by atoms with E-state index in [0.29, 0.717) is 11.4 Å². The molecule has 0 aliphatic carbocycles. The lowest BCUT2D eigenvalue weighted by Gasteiger charge is -2.17. The molecule has 2 aromatic rings. The van der Waals surface area contributed by atoms with Crippen LogP contribution < -0.4 is 20.5 Å². The highest BCUT2D eigenvalue weighted by Crippen LogP contribution is 2.28. The van der Waals surface area contributed by atoms with Crippen molar-refractivity contribution in [3.63, 3.8) is 0 Å². The van der Waals surface area contributed by atoms with Crippen LogP contribution in [0, 0.1) is 0 Å². The molecule has 3 rings (SSSR count). The number of ether oxygens (including phenoxy) is 1. The van der Waals surface area contributed by atoms with Gasteiger partial charge in [-0.25, -0.2) is 0 Å². The summed E-state index contributed by atoms with van der Waals surface area (Å²) in [4.78, 5) is 11.5. The number of carbonyl (C=O) groups is 1. The van der Waals surface area contributed by atoms with Crippen LogP contribution in [0.1, 0.15) is 18.1 Å². The maximum Gasteiger partial charge on any atom is 0.262 e. The summed E-state index contributed by atoms with van der Waals surface area (Å²) in [5.74, 6) is 0.521. The minimum absolute atomic E-state index is 0.0488. The van der Waals surface area contributed by atoms with Gasteiger partial charge in [-0.1, -0.05) is 55.1 Å². The molecule has 0 aromatic heterocycles. The van der Waals surface area contributed by atoms with E-state index in [4.69, 9.17) is 4.74 Å². The molecule has 1 aliphatic rings. The fourth-order valence-corrected chi connectivity index (χ4v) is 2.98. The van der Waals surface area contributed by atoms with Gasteiger partial charge in [0, 0.05) is 0 Å². The summed E-state index contributed by atoms with van der Waals surface area (Å²) in [6.07, 6.45) is 7.66. The van der Waals surface area contributed by atoms with Gasteiger partial charge >= 0.3 is 0 Å². The lowest BCUT2D eigenvalue weighted by molar-refractivity contribution is -0.118. The Bertz CT molecular complexity index is 1000. The summed E-state index contributed by atoms with van der Waals surface area (Å²) < 4.78 is 5.38. The van der Waals surface area contributed by atoms with E-state index in [1.165, 1.54) is 0 Å². The van der Waals surface area contributed by atoms with Crippen LogP contribution in [0.15, 0.2) is 49.1 Å². The van der Waals surface area contributed by atoms with Gasteiger partial charge in [-0.05, 0) is 46.2 Å². The molecule has 0 spiro atoms. The van der Waals surface area contributed by atoms with Crippen LogP contribution in [-0.2, 0) is 4.79 Å². The Labute approximate surface area is 152 Å². The third-order valence-corrected chi connectivity index (χ3v) is 4.27. The van der Waals surface area contributed by atoms with Crippen molar-refractivity contribution in [1.82, 2.24) is 0 Å². The third kappa shape index (κ3) is 3.60. The van der Waals surface area contributed by atoms with Crippen LogP contribution in [0.2, 0.25) is 0 Å². The number of benzene rings is 2. The van der Waals surface area contributed by atoms with Gasteiger partial charge in [0.1, 0.15) is 5.75 Å². The Morgan fingerprint density at radius 1 is 1.31 bits per heavy atom. The zero-order chi connectivity index (χ0) is 18.5. The Morgan fingerprint density at radius 3 is 2.88 bits per heavy atom. The number of aliphatic hydroxyl groups excluding tert-OH is 1. The molecule has 132 valence electrons. The van der Waals surface area contributed by atoms with Crippen molar-refractivity contribution < 1.29 is 14.6 Å². The molecule has 0 fully saturated rings. The van der Waals surface area contributed by atoms with E-state index in [0.717, 1.165) is 27.1 Å². The number of anilines is 1. The number of carbonyl (C=O) groups excluding carboxylic acids is 1. The minimum Gasteiger partial charge on any atom is -0.482 e. The molecule has 0 atom stereocenters. The summed E-state index contributed by atoms with van der Waals surface area (Å²) in [5, 5.41) is 14.5. The first-order valence-corrected chi connectivity index (χ1v) is 8.43. The average Bonchev–Trinajstić information content (AvgIpc) is 2.67. The monoisotopic (exact) mass is 347 g/mol. The van der Waals surface area contributed by atoms with E-state index >= 15 is 0 Å². The van der Waals surface area contributed by atoms with Crippen molar-refractivity contribution in [2.45, 2.75) is 6.92 Å². The molecule has 1 heterocycles. The summed E-state index contributed by atoms with van der Waals surface area (Å²) in [7, 11) is 0. The Morgan fingerprint density at radius 2 is 2.15 bits per heavy atom. The van der Waals surface area contributed by atoms with Crippen LogP contribution in [0.5, 0.6) is 5.75 Å². The smallest absolute Gasteiger partial charge is 0.262 e. The molecule has 1 aliphatic heterocycles. The van der Waals surface area contributed by atoms with E-state index in [1.807, 2.05) is 61.5 Å². The number of fused-ring (bicyclic) bond motifs is 1.